The third-order valence-electron chi connectivity index (χ3n) is 7.32. The zero-order valence-electron chi connectivity index (χ0n) is 22.5. The average molecular weight is 555 g/mol. The lowest BCUT2D eigenvalue weighted by Crippen LogP contribution is -2.24. The van der Waals surface area contributed by atoms with Gasteiger partial charge in [0.1, 0.15) is 0 Å². The van der Waals surface area contributed by atoms with Crippen LogP contribution in [0.3, 0.4) is 0 Å². The Morgan fingerprint density at radius 3 is 1.92 bits per heavy atom. The van der Waals surface area contributed by atoms with Crippen LogP contribution in [0, 0.1) is 11.8 Å². The maximum Gasteiger partial charge on any atom is 0.389 e. The number of halogens is 3. The van der Waals surface area contributed by atoms with E-state index in [-0.39, 0.29) is 36.7 Å². The minimum atomic E-state index is -4.09. The van der Waals surface area contributed by atoms with Crippen molar-refractivity contribution in [2.24, 2.45) is 11.8 Å². The van der Waals surface area contributed by atoms with Crippen molar-refractivity contribution in [1.82, 2.24) is 0 Å². The lowest BCUT2D eigenvalue weighted by Gasteiger charge is -2.30. The van der Waals surface area contributed by atoms with E-state index in [9.17, 15) is 22.8 Å². The van der Waals surface area contributed by atoms with E-state index >= 15 is 0 Å². The predicted octanol–water partition coefficient (Wildman–Crippen LogP) is 5.82. The van der Waals surface area contributed by atoms with E-state index < -0.39 is 37.7 Å². The van der Waals surface area contributed by atoms with Gasteiger partial charge in [0.05, 0.1) is 37.6 Å². The third kappa shape index (κ3) is 12.4. The van der Waals surface area contributed by atoms with Gasteiger partial charge in [-0.15, -0.1) is 0 Å². The van der Waals surface area contributed by atoms with Crippen LogP contribution in [0.25, 0.3) is 0 Å². The van der Waals surface area contributed by atoms with Gasteiger partial charge >= 0.3 is 18.1 Å². The highest BCUT2D eigenvalue weighted by Gasteiger charge is 2.26. The molecule has 0 atom stereocenters. The summed E-state index contributed by atoms with van der Waals surface area (Å²) >= 11 is 0. The molecule has 39 heavy (non-hydrogen) atoms. The number of carbonyl (C=O) groups excluding carboxylic acids is 2. The highest BCUT2D eigenvalue weighted by molar-refractivity contribution is 5.88. The summed E-state index contributed by atoms with van der Waals surface area (Å²) in [7, 11) is 0. The van der Waals surface area contributed by atoms with Gasteiger partial charge in [-0.3, -0.25) is 0 Å². The number of ether oxygens (including phenoxy) is 2. The number of unbranched alkanes of at least 4 members (excludes halogenated alkanes) is 1. The standard InChI is InChI=1S/C30H41F3O6/c1-21(17-34)28(36)38-19-25(20-39-29(37)22(2)18-35)7-6-24-10-14-27(15-11-24)26-12-8-23(9-13-26)5-3-4-16-30(31,32)33/h8-9,12-13,24-25,27,34-35H,1-7,10-11,14-20H2. The van der Waals surface area contributed by atoms with Crippen molar-refractivity contribution in [3.05, 3.63) is 59.7 Å². The van der Waals surface area contributed by atoms with Crippen LogP contribution in [0.15, 0.2) is 48.6 Å². The second-order valence-corrected chi connectivity index (χ2v) is 10.4. The second kappa shape index (κ2) is 16.5. The summed E-state index contributed by atoms with van der Waals surface area (Å²) < 4.78 is 47.4. The molecular formula is C30H41F3O6. The number of hydrogen-bond donors (Lipinski definition) is 2. The molecule has 0 radical (unpaired) electrons. The second-order valence-electron chi connectivity index (χ2n) is 10.4. The summed E-state index contributed by atoms with van der Waals surface area (Å²) in [5.41, 5.74) is 2.23. The zero-order valence-corrected chi connectivity index (χ0v) is 22.5. The van der Waals surface area contributed by atoms with Gasteiger partial charge in [-0.2, -0.15) is 13.2 Å². The van der Waals surface area contributed by atoms with Gasteiger partial charge in [0.15, 0.2) is 0 Å². The molecule has 1 aliphatic rings. The number of aliphatic hydroxyl groups is 2. The molecule has 1 aromatic rings. The van der Waals surface area contributed by atoms with Crippen LogP contribution in [0.5, 0.6) is 0 Å². The van der Waals surface area contributed by atoms with Gasteiger partial charge in [0.25, 0.3) is 0 Å². The van der Waals surface area contributed by atoms with Crippen LogP contribution in [-0.2, 0) is 25.5 Å². The fourth-order valence-corrected chi connectivity index (χ4v) is 4.80. The van der Waals surface area contributed by atoms with Crippen LogP contribution in [0.1, 0.15) is 74.8 Å². The lowest BCUT2D eigenvalue weighted by molar-refractivity contribution is -0.145. The van der Waals surface area contributed by atoms with Gasteiger partial charge in [-0.25, -0.2) is 9.59 Å². The molecule has 1 aliphatic carbocycles. The Bertz CT molecular complexity index is 901. The van der Waals surface area contributed by atoms with Crippen molar-refractivity contribution >= 4 is 11.9 Å². The highest BCUT2D eigenvalue weighted by Crippen LogP contribution is 2.38. The first-order valence-corrected chi connectivity index (χ1v) is 13.6. The highest BCUT2D eigenvalue weighted by atomic mass is 19.4. The molecule has 0 spiro atoms. The molecule has 1 saturated carbocycles. The number of esters is 2. The van der Waals surface area contributed by atoms with Crippen LogP contribution in [0.2, 0.25) is 0 Å². The number of alkyl halides is 3. The van der Waals surface area contributed by atoms with Gasteiger partial charge in [-0.1, -0.05) is 37.4 Å². The van der Waals surface area contributed by atoms with E-state index in [1.807, 2.05) is 12.1 Å². The lowest BCUT2D eigenvalue weighted by atomic mass is 9.76. The fraction of sp³-hybridized carbons (Fsp3) is 0.600. The molecule has 0 aromatic heterocycles. The first kappa shape index (κ1) is 32.6. The summed E-state index contributed by atoms with van der Waals surface area (Å²) in [6.07, 6.45) is 2.22. The summed E-state index contributed by atoms with van der Waals surface area (Å²) in [5, 5.41) is 18.1. The maximum absolute atomic E-state index is 12.3. The normalized spacial score (nSPS) is 17.6. The molecule has 2 N–H and O–H groups in total. The molecule has 1 aromatic carbocycles. The summed E-state index contributed by atoms with van der Waals surface area (Å²) in [6.45, 7) is 5.96. The number of rotatable bonds is 16. The summed E-state index contributed by atoms with van der Waals surface area (Å²) in [4.78, 5) is 23.8. The molecule has 0 saturated heterocycles. The molecule has 2 rings (SSSR count). The quantitative estimate of drug-likeness (QED) is 0.152. The van der Waals surface area contributed by atoms with Gasteiger partial charge in [0.2, 0.25) is 0 Å². The Labute approximate surface area is 228 Å². The minimum Gasteiger partial charge on any atom is -0.462 e. The van der Waals surface area contributed by atoms with Crippen molar-refractivity contribution in [1.29, 1.82) is 0 Å². The van der Waals surface area contributed by atoms with Crippen molar-refractivity contribution in [3.8, 4) is 0 Å². The Morgan fingerprint density at radius 1 is 0.897 bits per heavy atom. The van der Waals surface area contributed by atoms with E-state index in [0.717, 1.165) is 37.7 Å². The fourth-order valence-electron chi connectivity index (χ4n) is 4.80. The number of hydrogen-bond acceptors (Lipinski definition) is 6. The van der Waals surface area contributed by atoms with Crippen molar-refractivity contribution < 1.29 is 42.4 Å². The Kier molecular flexibility index (Phi) is 13.7. The Balaban J connectivity index is 1.80. The Morgan fingerprint density at radius 2 is 1.44 bits per heavy atom. The molecule has 9 heteroatoms. The van der Waals surface area contributed by atoms with E-state index in [1.165, 1.54) is 5.56 Å². The van der Waals surface area contributed by atoms with E-state index in [0.29, 0.717) is 31.1 Å². The largest absolute Gasteiger partial charge is 0.462 e. The summed E-state index contributed by atoms with van der Waals surface area (Å²) in [6, 6.07) is 8.25. The minimum absolute atomic E-state index is 0.0225. The van der Waals surface area contributed by atoms with Gasteiger partial charge < -0.3 is 19.7 Å². The molecule has 0 bridgehead atoms. The molecule has 0 heterocycles. The van der Waals surface area contributed by atoms with Crippen LogP contribution in [0.4, 0.5) is 13.2 Å². The number of aryl methyl sites for hydroxylation is 1. The topological polar surface area (TPSA) is 93.1 Å². The van der Waals surface area contributed by atoms with E-state index in [2.05, 4.69) is 25.3 Å². The smallest absolute Gasteiger partial charge is 0.389 e. The monoisotopic (exact) mass is 554 g/mol. The van der Waals surface area contributed by atoms with Crippen LogP contribution < -0.4 is 0 Å². The van der Waals surface area contributed by atoms with Crippen LogP contribution >= 0.6 is 0 Å². The van der Waals surface area contributed by atoms with Gasteiger partial charge in [0, 0.05) is 12.3 Å². The maximum atomic E-state index is 12.3. The van der Waals surface area contributed by atoms with Crippen LogP contribution in [-0.4, -0.2) is 54.8 Å². The number of aliphatic hydroxyl groups excluding tert-OH is 2. The molecule has 218 valence electrons. The van der Waals surface area contributed by atoms with Crippen molar-refractivity contribution in [3.63, 3.8) is 0 Å². The van der Waals surface area contributed by atoms with E-state index in [1.54, 1.807) is 0 Å². The first-order chi connectivity index (χ1) is 18.5. The molecule has 1 fully saturated rings. The molecule has 0 unspecified atom stereocenters. The predicted molar refractivity (Wildman–Crippen MR) is 142 cm³/mol. The molecule has 0 amide bonds. The first-order valence-electron chi connectivity index (χ1n) is 13.6. The number of benzene rings is 1. The third-order valence-corrected chi connectivity index (χ3v) is 7.32. The zero-order chi connectivity index (χ0) is 28.8. The summed E-state index contributed by atoms with van der Waals surface area (Å²) in [5.74, 6) is -0.685. The number of carbonyl (C=O) groups is 2. The SMILES string of the molecule is C=C(CO)C(=O)OCC(CCC1CCC(c2ccc(CCCCC(F)(F)F)cc2)CC1)COC(=O)C(=C)CO. The van der Waals surface area contributed by atoms with Crippen molar-refractivity contribution in [2.45, 2.75) is 76.3 Å². The van der Waals surface area contributed by atoms with E-state index in [4.69, 9.17) is 19.7 Å². The molecule has 0 aliphatic heterocycles. The molecular weight excluding hydrogens is 513 g/mol. The Hall–Kier alpha value is -2.65. The average Bonchev–Trinajstić information content (AvgIpc) is 2.93. The van der Waals surface area contributed by atoms with Crippen molar-refractivity contribution in [2.75, 3.05) is 26.4 Å². The molecule has 6 nitrogen and oxygen atoms in total. The van der Waals surface area contributed by atoms with Gasteiger partial charge in [-0.05, 0) is 80.8 Å².